The van der Waals surface area contributed by atoms with E-state index in [4.69, 9.17) is 11.6 Å². The molecule has 2 rings (SSSR count). The average Bonchev–Trinajstić information content (AvgIpc) is 2.77. The molecule has 1 aromatic carbocycles. The molecule has 0 aliphatic heterocycles. The summed E-state index contributed by atoms with van der Waals surface area (Å²) >= 11 is 6.00. The predicted molar refractivity (Wildman–Crippen MR) is 83.9 cm³/mol. The number of carbonyl (C=O) groups is 1. The van der Waals surface area contributed by atoms with Crippen LogP contribution in [0.1, 0.15) is 21.7 Å². The van der Waals surface area contributed by atoms with E-state index in [2.05, 4.69) is 14.4 Å². The number of rotatable bonds is 4. The maximum Gasteiger partial charge on any atom is 0.356 e. The van der Waals surface area contributed by atoms with E-state index >= 15 is 0 Å². The highest BCUT2D eigenvalue weighted by atomic mass is 35.5. The molecule has 0 atom stereocenters. The third kappa shape index (κ3) is 3.26. The molecule has 6 nitrogen and oxygen atoms in total. The second-order valence-corrected chi connectivity index (χ2v) is 6.83. The van der Waals surface area contributed by atoms with Crippen molar-refractivity contribution in [3.63, 3.8) is 0 Å². The Hall–Kier alpha value is -1.99. The predicted octanol–water partition coefficient (Wildman–Crippen LogP) is 2.87. The highest BCUT2D eigenvalue weighted by Gasteiger charge is 2.23. The number of benzene rings is 1. The van der Waals surface area contributed by atoms with Crippen molar-refractivity contribution < 1.29 is 17.9 Å². The summed E-state index contributed by atoms with van der Waals surface area (Å²) in [6.07, 6.45) is 0. The Bertz CT molecular complexity index is 827. The Balaban J connectivity index is 2.43. The summed E-state index contributed by atoms with van der Waals surface area (Å²) in [5, 5.41) is 0.111. The number of methoxy groups -OCH3 is 1. The van der Waals surface area contributed by atoms with E-state index in [1.165, 1.54) is 19.2 Å². The lowest BCUT2D eigenvalue weighted by molar-refractivity contribution is 0.0596. The van der Waals surface area contributed by atoms with E-state index in [1.54, 1.807) is 26.0 Å². The molecule has 0 saturated carbocycles. The fourth-order valence-corrected chi connectivity index (χ4v) is 3.62. The lowest BCUT2D eigenvalue weighted by atomic mass is 10.2. The normalized spacial score (nSPS) is 11.3. The molecule has 8 heteroatoms. The van der Waals surface area contributed by atoms with Gasteiger partial charge in [0.1, 0.15) is 10.6 Å². The average molecular weight is 343 g/mol. The number of anilines is 1. The Morgan fingerprint density at radius 2 is 1.95 bits per heavy atom. The first-order chi connectivity index (χ1) is 10.2. The first kappa shape index (κ1) is 16.4. The van der Waals surface area contributed by atoms with Gasteiger partial charge < -0.3 is 9.72 Å². The standard InChI is InChI=1S/C14H15ClN2O4S/c1-8-4-5-12(10(15)6-8)22(19,20)17-11-7-9(2)16-13(11)14(18)21-3/h4-7,16-17H,1-3H3. The second kappa shape index (κ2) is 6.02. The van der Waals surface area contributed by atoms with E-state index in [1.807, 2.05) is 0 Å². The van der Waals surface area contributed by atoms with Gasteiger partial charge in [0.25, 0.3) is 10.0 Å². The molecule has 0 aliphatic rings. The summed E-state index contributed by atoms with van der Waals surface area (Å²) in [6.45, 7) is 3.50. The van der Waals surface area contributed by atoms with Crippen LogP contribution >= 0.6 is 11.6 Å². The molecule has 0 bridgehead atoms. The van der Waals surface area contributed by atoms with Gasteiger partial charge in [-0.1, -0.05) is 17.7 Å². The van der Waals surface area contributed by atoms with Gasteiger partial charge in [0.05, 0.1) is 17.8 Å². The minimum absolute atomic E-state index is 0.0341. The van der Waals surface area contributed by atoms with E-state index in [9.17, 15) is 13.2 Å². The van der Waals surface area contributed by atoms with Gasteiger partial charge in [-0.05, 0) is 37.6 Å². The maximum atomic E-state index is 12.4. The van der Waals surface area contributed by atoms with Crippen LogP contribution in [0.3, 0.4) is 0 Å². The maximum absolute atomic E-state index is 12.4. The number of esters is 1. The molecule has 22 heavy (non-hydrogen) atoms. The second-order valence-electron chi connectivity index (χ2n) is 4.77. The molecule has 1 aromatic heterocycles. The van der Waals surface area contributed by atoms with Crippen LogP contribution in [-0.4, -0.2) is 26.5 Å². The van der Waals surface area contributed by atoms with Crippen molar-refractivity contribution in [2.45, 2.75) is 18.7 Å². The topological polar surface area (TPSA) is 88.3 Å². The minimum atomic E-state index is -3.92. The van der Waals surface area contributed by atoms with Crippen LogP contribution < -0.4 is 4.72 Å². The highest BCUT2D eigenvalue weighted by Crippen LogP contribution is 2.26. The van der Waals surface area contributed by atoms with Crippen LogP contribution in [0.5, 0.6) is 0 Å². The van der Waals surface area contributed by atoms with Crippen molar-refractivity contribution >= 4 is 33.3 Å². The summed E-state index contributed by atoms with van der Waals surface area (Å²) < 4.78 is 31.9. The zero-order chi connectivity index (χ0) is 16.5. The largest absolute Gasteiger partial charge is 0.464 e. The number of hydrogen-bond donors (Lipinski definition) is 2. The van der Waals surface area contributed by atoms with Gasteiger partial charge in [-0.25, -0.2) is 13.2 Å². The van der Waals surface area contributed by atoms with Gasteiger partial charge >= 0.3 is 5.97 Å². The molecule has 0 amide bonds. The van der Waals surface area contributed by atoms with Crippen LogP contribution in [0.15, 0.2) is 29.2 Å². The molecule has 118 valence electrons. The van der Waals surface area contributed by atoms with Crippen molar-refractivity contribution in [1.29, 1.82) is 0 Å². The van der Waals surface area contributed by atoms with Gasteiger partial charge in [0.2, 0.25) is 0 Å². The number of nitrogens with one attached hydrogen (secondary N) is 2. The minimum Gasteiger partial charge on any atom is -0.464 e. The van der Waals surface area contributed by atoms with Crippen LogP contribution in [0.4, 0.5) is 5.69 Å². The summed E-state index contributed by atoms with van der Waals surface area (Å²) in [7, 11) is -2.71. The van der Waals surface area contributed by atoms with Gasteiger partial charge in [-0.3, -0.25) is 4.72 Å². The molecule has 0 spiro atoms. The number of hydrogen-bond acceptors (Lipinski definition) is 4. The number of ether oxygens (including phenoxy) is 1. The van der Waals surface area contributed by atoms with Crippen molar-refractivity contribution in [3.8, 4) is 0 Å². The number of sulfonamides is 1. The Labute approximate surface area is 133 Å². The summed E-state index contributed by atoms with van der Waals surface area (Å²) in [4.78, 5) is 14.4. The van der Waals surface area contributed by atoms with E-state index < -0.39 is 16.0 Å². The van der Waals surface area contributed by atoms with Crippen molar-refractivity contribution in [2.75, 3.05) is 11.8 Å². The Kier molecular flexibility index (Phi) is 4.48. The monoisotopic (exact) mass is 342 g/mol. The highest BCUT2D eigenvalue weighted by molar-refractivity contribution is 7.92. The van der Waals surface area contributed by atoms with Crippen molar-refractivity contribution in [3.05, 3.63) is 46.2 Å². The quantitative estimate of drug-likeness (QED) is 0.836. The Morgan fingerprint density at radius 3 is 2.55 bits per heavy atom. The van der Waals surface area contributed by atoms with E-state index in [-0.39, 0.29) is 21.3 Å². The molecular formula is C14H15ClN2O4S. The van der Waals surface area contributed by atoms with Gasteiger partial charge in [0, 0.05) is 5.69 Å². The molecule has 0 radical (unpaired) electrons. The molecule has 2 aromatic rings. The van der Waals surface area contributed by atoms with E-state index in [0.29, 0.717) is 5.69 Å². The molecule has 0 fully saturated rings. The molecule has 0 unspecified atom stereocenters. The number of aryl methyl sites for hydroxylation is 2. The summed E-state index contributed by atoms with van der Waals surface area (Å²) in [6, 6.07) is 6.12. The number of aromatic amines is 1. The van der Waals surface area contributed by atoms with Crippen LogP contribution in [0.2, 0.25) is 5.02 Å². The van der Waals surface area contributed by atoms with Crippen LogP contribution in [-0.2, 0) is 14.8 Å². The third-order valence-corrected chi connectivity index (χ3v) is 4.81. The Morgan fingerprint density at radius 1 is 1.27 bits per heavy atom. The van der Waals surface area contributed by atoms with Gasteiger partial charge in [-0.2, -0.15) is 0 Å². The fraction of sp³-hybridized carbons (Fsp3) is 0.214. The molecule has 0 aliphatic carbocycles. The van der Waals surface area contributed by atoms with Crippen molar-refractivity contribution in [1.82, 2.24) is 4.98 Å². The number of carbonyl (C=O) groups excluding carboxylic acids is 1. The molecular weight excluding hydrogens is 328 g/mol. The van der Waals surface area contributed by atoms with Crippen molar-refractivity contribution in [2.24, 2.45) is 0 Å². The smallest absolute Gasteiger partial charge is 0.356 e. The van der Waals surface area contributed by atoms with E-state index in [0.717, 1.165) is 5.56 Å². The summed E-state index contributed by atoms with van der Waals surface area (Å²) in [5.41, 5.74) is 1.61. The third-order valence-electron chi connectivity index (χ3n) is 2.96. The number of aromatic nitrogens is 1. The van der Waals surface area contributed by atoms with Crippen LogP contribution in [0.25, 0.3) is 0 Å². The first-order valence-corrected chi connectivity index (χ1v) is 8.17. The lowest BCUT2D eigenvalue weighted by Gasteiger charge is -2.10. The molecule has 1 heterocycles. The zero-order valence-corrected chi connectivity index (χ0v) is 13.8. The number of halogens is 1. The van der Waals surface area contributed by atoms with Gasteiger partial charge in [-0.15, -0.1) is 0 Å². The molecule has 0 saturated heterocycles. The first-order valence-electron chi connectivity index (χ1n) is 6.31. The van der Waals surface area contributed by atoms with Crippen LogP contribution in [0, 0.1) is 13.8 Å². The number of H-pyrrole nitrogens is 1. The SMILES string of the molecule is COC(=O)c1[nH]c(C)cc1NS(=O)(=O)c1ccc(C)cc1Cl. The summed E-state index contributed by atoms with van der Waals surface area (Å²) in [5.74, 6) is -0.666. The fourth-order valence-electron chi connectivity index (χ4n) is 1.96. The van der Waals surface area contributed by atoms with Gasteiger partial charge in [0.15, 0.2) is 0 Å². The zero-order valence-electron chi connectivity index (χ0n) is 12.2. The molecule has 2 N–H and O–H groups in total. The lowest BCUT2D eigenvalue weighted by Crippen LogP contribution is -2.16.